The predicted molar refractivity (Wildman–Crippen MR) is 73.1 cm³/mol. The number of hydrogen-bond acceptors (Lipinski definition) is 3. The van der Waals surface area contributed by atoms with E-state index in [-0.39, 0.29) is 11.5 Å². The minimum absolute atomic E-state index is 0.177. The van der Waals surface area contributed by atoms with Gasteiger partial charge >= 0.3 is 5.97 Å². The number of carbonyl (C=O) groups excluding carboxylic acids is 2. The number of hydrogen-bond donors (Lipinski definition) is 3. The molecule has 0 fully saturated rings. The second-order valence-corrected chi connectivity index (χ2v) is 4.79. The van der Waals surface area contributed by atoms with Crippen LogP contribution in [-0.2, 0) is 9.59 Å². The molecule has 0 heterocycles. The molecule has 0 aliphatic heterocycles. The van der Waals surface area contributed by atoms with Crippen molar-refractivity contribution in [3.05, 3.63) is 35.6 Å². The lowest BCUT2D eigenvalue weighted by Gasteiger charge is -2.18. The van der Waals surface area contributed by atoms with Gasteiger partial charge in [-0.3, -0.25) is 9.59 Å². The van der Waals surface area contributed by atoms with E-state index >= 15 is 0 Å². The quantitative estimate of drug-likeness (QED) is 0.723. The molecule has 0 saturated heterocycles. The number of carbonyl (C=O) groups is 3. The topological polar surface area (TPSA) is 95.5 Å². The summed E-state index contributed by atoms with van der Waals surface area (Å²) in [5.74, 6) is -3.53. The molecule has 0 unspecified atom stereocenters. The van der Waals surface area contributed by atoms with Crippen LogP contribution in [0.4, 0.5) is 4.39 Å². The predicted octanol–water partition coefficient (Wildman–Crippen LogP) is 0.781. The van der Waals surface area contributed by atoms with Crippen molar-refractivity contribution in [3.63, 3.8) is 0 Å². The van der Waals surface area contributed by atoms with Crippen molar-refractivity contribution in [2.24, 2.45) is 5.92 Å². The zero-order valence-corrected chi connectivity index (χ0v) is 11.7. The van der Waals surface area contributed by atoms with Crippen LogP contribution in [-0.4, -0.2) is 35.5 Å². The summed E-state index contributed by atoms with van der Waals surface area (Å²) in [5, 5.41) is 13.5. The smallest absolute Gasteiger partial charge is 0.326 e. The number of nitrogens with one attached hydrogen (secondary N) is 2. The molecule has 1 rings (SSSR count). The molecule has 0 aliphatic rings. The van der Waals surface area contributed by atoms with Crippen molar-refractivity contribution in [1.29, 1.82) is 0 Å². The maximum absolute atomic E-state index is 13.3. The highest BCUT2D eigenvalue weighted by molar-refractivity contribution is 5.97. The van der Waals surface area contributed by atoms with E-state index in [9.17, 15) is 18.8 Å². The number of carboxylic acids is 1. The molecule has 0 radical (unpaired) electrons. The molecule has 114 valence electrons. The fourth-order valence-electron chi connectivity index (χ4n) is 1.64. The number of amides is 2. The second kappa shape index (κ2) is 7.37. The molecule has 21 heavy (non-hydrogen) atoms. The Balaban J connectivity index is 2.55. The molecule has 0 saturated carbocycles. The van der Waals surface area contributed by atoms with Crippen LogP contribution < -0.4 is 10.6 Å². The molecule has 0 spiro atoms. The van der Waals surface area contributed by atoms with Crippen molar-refractivity contribution in [2.75, 3.05) is 6.54 Å². The monoisotopic (exact) mass is 296 g/mol. The third kappa shape index (κ3) is 4.87. The van der Waals surface area contributed by atoms with Crippen molar-refractivity contribution in [1.82, 2.24) is 10.6 Å². The molecule has 3 N–H and O–H groups in total. The Bertz CT molecular complexity index is 546. The summed E-state index contributed by atoms with van der Waals surface area (Å²) in [5.41, 5.74) is -0.177. The van der Waals surface area contributed by atoms with Crippen LogP contribution in [0.15, 0.2) is 24.3 Å². The molecule has 2 amide bonds. The molecule has 0 aliphatic carbocycles. The highest BCUT2D eigenvalue weighted by Crippen LogP contribution is 2.05. The maximum Gasteiger partial charge on any atom is 0.326 e. The highest BCUT2D eigenvalue weighted by atomic mass is 19.1. The van der Waals surface area contributed by atoms with Gasteiger partial charge < -0.3 is 15.7 Å². The van der Waals surface area contributed by atoms with E-state index in [2.05, 4.69) is 10.6 Å². The Morgan fingerprint density at radius 3 is 2.38 bits per heavy atom. The fraction of sp³-hybridized carbons (Fsp3) is 0.357. The third-order valence-corrected chi connectivity index (χ3v) is 2.78. The summed E-state index contributed by atoms with van der Waals surface area (Å²) in [7, 11) is 0. The first-order chi connectivity index (χ1) is 9.82. The van der Waals surface area contributed by atoms with Crippen molar-refractivity contribution in [3.8, 4) is 0 Å². The Kier molecular flexibility index (Phi) is 5.83. The number of halogens is 1. The van der Waals surface area contributed by atoms with E-state index in [1.54, 1.807) is 13.8 Å². The molecule has 0 bridgehead atoms. The van der Waals surface area contributed by atoms with E-state index in [0.717, 1.165) is 6.07 Å². The second-order valence-electron chi connectivity index (χ2n) is 4.79. The Hall–Kier alpha value is -2.44. The zero-order valence-electron chi connectivity index (χ0n) is 11.7. The Morgan fingerprint density at radius 2 is 1.86 bits per heavy atom. The highest BCUT2D eigenvalue weighted by Gasteiger charge is 2.23. The standard InChI is InChI=1S/C14H17FN2O4/c1-8(2)12(14(20)21)17-11(18)7-16-13(19)9-5-3-4-6-10(9)15/h3-6,8,12H,7H2,1-2H3,(H,16,19)(H,17,18)(H,20,21)/t12-/m0/s1. The van der Waals surface area contributed by atoms with Crippen LogP contribution >= 0.6 is 0 Å². The lowest BCUT2D eigenvalue weighted by Crippen LogP contribution is -2.48. The molecular formula is C14H17FN2O4. The average molecular weight is 296 g/mol. The number of carboxylic acid groups (broad SMARTS) is 1. The first-order valence-corrected chi connectivity index (χ1v) is 6.37. The van der Waals surface area contributed by atoms with Crippen molar-refractivity contribution >= 4 is 17.8 Å². The summed E-state index contributed by atoms with van der Waals surface area (Å²) in [4.78, 5) is 34.2. The lowest BCUT2D eigenvalue weighted by atomic mass is 10.1. The molecule has 1 atom stereocenters. The van der Waals surface area contributed by atoms with Crippen LogP contribution in [0.1, 0.15) is 24.2 Å². The zero-order chi connectivity index (χ0) is 16.0. The van der Waals surface area contributed by atoms with Crippen LogP contribution in [0, 0.1) is 11.7 Å². The Labute approximate surface area is 121 Å². The third-order valence-electron chi connectivity index (χ3n) is 2.78. The molecule has 7 heteroatoms. The minimum Gasteiger partial charge on any atom is -0.480 e. The largest absolute Gasteiger partial charge is 0.480 e. The van der Waals surface area contributed by atoms with Crippen molar-refractivity contribution in [2.45, 2.75) is 19.9 Å². The number of aliphatic carboxylic acids is 1. The molecule has 1 aromatic carbocycles. The van der Waals surface area contributed by atoms with Gasteiger partial charge in [-0.05, 0) is 18.1 Å². The van der Waals surface area contributed by atoms with E-state index in [1.807, 2.05) is 0 Å². The van der Waals surface area contributed by atoms with E-state index in [4.69, 9.17) is 5.11 Å². The van der Waals surface area contributed by atoms with Gasteiger partial charge in [-0.2, -0.15) is 0 Å². The number of rotatable bonds is 6. The first-order valence-electron chi connectivity index (χ1n) is 6.37. The summed E-state index contributed by atoms with van der Waals surface area (Å²) >= 11 is 0. The van der Waals surface area contributed by atoms with Gasteiger partial charge in [0.1, 0.15) is 11.9 Å². The fourth-order valence-corrected chi connectivity index (χ4v) is 1.64. The van der Waals surface area contributed by atoms with Gasteiger partial charge in [0.2, 0.25) is 5.91 Å². The van der Waals surface area contributed by atoms with Gasteiger partial charge in [0, 0.05) is 0 Å². The maximum atomic E-state index is 13.3. The lowest BCUT2D eigenvalue weighted by molar-refractivity contribution is -0.142. The van der Waals surface area contributed by atoms with Crippen LogP contribution in [0.2, 0.25) is 0 Å². The van der Waals surface area contributed by atoms with Crippen LogP contribution in [0.3, 0.4) is 0 Å². The summed E-state index contributed by atoms with van der Waals surface area (Å²) in [6.07, 6.45) is 0. The molecule has 0 aromatic heterocycles. The van der Waals surface area contributed by atoms with Gasteiger partial charge in [-0.25, -0.2) is 9.18 Å². The minimum atomic E-state index is -1.15. The van der Waals surface area contributed by atoms with Crippen molar-refractivity contribution < 1.29 is 23.9 Å². The van der Waals surface area contributed by atoms with E-state index in [0.29, 0.717) is 0 Å². The van der Waals surface area contributed by atoms with Crippen LogP contribution in [0.25, 0.3) is 0 Å². The summed E-state index contributed by atoms with van der Waals surface area (Å²) < 4.78 is 13.3. The average Bonchev–Trinajstić information content (AvgIpc) is 2.42. The SMILES string of the molecule is CC(C)[C@H](NC(=O)CNC(=O)c1ccccc1F)C(=O)O. The van der Waals surface area contributed by atoms with Crippen LogP contribution in [0.5, 0.6) is 0 Å². The summed E-state index contributed by atoms with van der Waals surface area (Å²) in [6.45, 7) is 2.87. The van der Waals surface area contributed by atoms with Gasteiger partial charge in [-0.15, -0.1) is 0 Å². The van der Waals surface area contributed by atoms with E-state index < -0.39 is 36.2 Å². The molecule has 6 nitrogen and oxygen atoms in total. The summed E-state index contributed by atoms with van der Waals surface area (Å²) in [6, 6.07) is 4.32. The van der Waals surface area contributed by atoms with Gasteiger partial charge in [-0.1, -0.05) is 26.0 Å². The molecular weight excluding hydrogens is 279 g/mol. The van der Waals surface area contributed by atoms with Gasteiger partial charge in [0.15, 0.2) is 0 Å². The van der Waals surface area contributed by atoms with E-state index in [1.165, 1.54) is 18.2 Å². The Morgan fingerprint density at radius 1 is 1.24 bits per heavy atom. The van der Waals surface area contributed by atoms with Gasteiger partial charge in [0.25, 0.3) is 5.91 Å². The van der Waals surface area contributed by atoms with Gasteiger partial charge in [0.05, 0.1) is 12.1 Å². The first kappa shape index (κ1) is 16.6. The normalized spacial score (nSPS) is 11.8. The molecule has 1 aromatic rings. The number of benzene rings is 1.